The lowest BCUT2D eigenvalue weighted by Gasteiger charge is -2.20. The molecule has 1 atom stereocenters. The van der Waals surface area contributed by atoms with E-state index in [2.05, 4.69) is 19.8 Å². The molecule has 9 nitrogen and oxygen atoms in total. The number of aliphatic hydroxyl groups is 1. The number of anilines is 2. The Balaban J connectivity index is 1.79. The number of benzene rings is 1. The van der Waals surface area contributed by atoms with Crippen LogP contribution < -0.4 is 9.62 Å². The van der Waals surface area contributed by atoms with Crippen molar-refractivity contribution in [1.29, 1.82) is 0 Å². The topological polar surface area (TPSA) is 113 Å². The third kappa shape index (κ3) is 3.08. The number of hydrogen-bond donors (Lipinski definition) is 2. The van der Waals surface area contributed by atoms with Gasteiger partial charge in [-0.05, 0) is 18.6 Å². The maximum Gasteiger partial charge on any atom is 0.266 e. The molecule has 1 aliphatic rings. The minimum atomic E-state index is -3.85. The van der Waals surface area contributed by atoms with Crippen LogP contribution in [0.5, 0.6) is 0 Å². The van der Waals surface area contributed by atoms with Gasteiger partial charge in [-0.25, -0.2) is 18.4 Å². The zero-order valence-electron chi connectivity index (χ0n) is 14.1. The molecule has 1 fully saturated rings. The van der Waals surface area contributed by atoms with Gasteiger partial charge in [0.05, 0.1) is 23.3 Å². The van der Waals surface area contributed by atoms with Gasteiger partial charge in [-0.1, -0.05) is 12.1 Å². The van der Waals surface area contributed by atoms with Crippen molar-refractivity contribution in [2.24, 2.45) is 7.05 Å². The molecule has 0 amide bonds. The van der Waals surface area contributed by atoms with Crippen LogP contribution >= 0.6 is 0 Å². The molecule has 2 aromatic heterocycles. The second-order valence-electron chi connectivity index (χ2n) is 6.23. The van der Waals surface area contributed by atoms with Crippen molar-refractivity contribution < 1.29 is 13.5 Å². The van der Waals surface area contributed by atoms with E-state index in [9.17, 15) is 13.5 Å². The number of aromatic nitrogens is 4. The molecule has 26 heavy (non-hydrogen) atoms. The molecule has 1 unspecified atom stereocenters. The molecule has 0 saturated carbocycles. The van der Waals surface area contributed by atoms with Crippen LogP contribution in [0.1, 0.15) is 6.42 Å². The minimum absolute atomic E-state index is 0.0439. The first-order chi connectivity index (χ1) is 12.4. The molecule has 0 radical (unpaired) electrons. The first-order valence-electron chi connectivity index (χ1n) is 8.14. The molecular formula is C16H18N6O3S. The molecule has 10 heteroatoms. The maximum absolute atomic E-state index is 12.7. The fourth-order valence-electron chi connectivity index (χ4n) is 2.94. The van der Waals surface area contributed by atoms with Crippen molar-refractivity contribution in [3.63, 3.8) is 0 Å². The molecular weight excluding hydrogens is 356 g/mol. The van der Waals surface area contributed by atoms with Crippen LogP contribution in [0.15, 0.2) is 41.6 Å². The standard InChI is InChI=1S/C16H18N6O3S/c1-21-10-12(8-17-21)26(24,25)20-15-16(22-7-6-11(23)9-22)19-14-5-3-2-4-13(14)18-15/h2-5,8,10-11,23H,6-7,9H2,1H3,(H,18,20). The quantitative estimate of drug-likeness (QED) is 0.692. The smallest absolute Gasteiger partial charge is 0.266 e. The molecule has 1 aliphatic heterocycles. The Morgan fingerprint density at radius 3 is 2.58 bits per heavy atom. The number of hydrogen-bond acceptors (Lipinski definition) is 7. The molecule has 0 spiro atoms. The number of aliphatic hydroxyl groups excluding tert-OH is 1. The summed E-state index contributed by atoms with van der Waals surface area (Å²) < 4.78 is 29.3. The fraction of sp³-hybridized carbons (Fsp3) is 0.312. The van der Waals surface area contributed by atoms with Gasteiger partial charge in [0.15, 0.2) is 11.6 Å². The number of sulfonamides is 1. The van der Waals surface area contributed by atoms with Crippen LogP contribution in [-0.4, -0.2) is 52.5 Å². The number of fused-ring (bicyclic) bond motifs is 1. The summed E-state index contributed by atoms with van der Waals surface area (Å²) in [6.07, 6.45) is 2.82. The summed E-state index contributed by atoms with van der Waals surface area (Å²) in [6.45, 7) is 0.963. The van der Waals surface area contributed by atoms with E-state index in [1.54, 1.807) is 13.1 Å². The van der Waals surface area contributed by atoms with Gasteiger partial charge in [-0.3, -0.25) is 9.40 Å². The molecule has 3 heterocycles. The van der Waals surface area contributed by atoms with Crippen LogP contribution in [0.4, 0.5) is 11.6 Å². The summed E-state index contributed by atoms with van der Waals surface area (Å²) in [5.74, 6) is 0.550. The lowest BCUT2D eigenvalue weighted by atomic mass is 10.3. The number of nitrogens with zero attached hydrogens (tertiary/aromatic N) is 5. The highest BCUT2D eigenvalue weighted by molar-refractivity contribution is 7.92. The summed E-state index contributed by atoms with van der Waals surface area (Å²) in [6, 6.07) is 7.25. The fourth-order valence-corrected chi connectivity index (χ4v) is 3.92. The van der Waals surface area contributed by atoms with Gasteiger partial charge < -0.3 is 10.0 Å². The Labute approximate surface area is 150 Å². The van der Waals surface area contributed by atoms with Gasteiger partial charge >= 0.3 is 0 Å². The molecule has 0 bridgehead atoms. The minimum Gasteiger partial charge on any atom is -0.391 e. The van der Waals surface area contributed by atoms with Gasteiger partial charge in [-0.15, -0.1) is 0 Å². The predicted octanol–water partition coefficient (Wildman–Crippen LogP) is 0.735. The third-order valence-electron chi connectivity index (χ3n) is 4.24. The second-order valence-corrected chi connectivity index (χ2v) is 7.91. The number of para-hydroxylation sites is 2. The summed E-state index contributed by atoms with van der Waals surface area (Å²) >= 11 is 0. The molecule has 136 valence electrons. The third-order valence-corrected chi connectivity index (χ3v) is 5.53. The first kappa shape index (κ1) is 16.7. The summed E-state index contributed by atoms with van der Waals surface area (Å²) in [7, 11) is -2.21. The Hall–Kier alpha value is -2.72. The van der Waals surface area contributed by atoms with Crippen LogP contribution in [0.2, 0.25) is 0 Å². The number of rotatable bonds is 4. The second kappa shape index (κ2) is 6.22. The van der Waals surface area contributed by atoms with Crippen molar-refractivity contribution in [3.05, 3.63) is 36.7 Å². The molecule has 4 rings (SSSR count). The zero-order chi connectivity index (χ0) is 18.3. The predicted molar refractivity (Wildman–Crippen MR) is 96.4 cm³/mol. The van der Waals surface area contributed by atoms with Crippen molar-refractivity contribution in [3.8, 4) is 0 Å². The van der Waals surface area contributed by atoms with Gasteiger partial charge in [-0.2, -0.15) is 5.10 Å². The molecule has 0 aliphatic carbocycles. The average Bonchev–Trinajstić information content (AvgIpc) is 3.23. The van der Waals surface area contributed by atoms with E-state index in [0.717, 1.165) is 0 Å². The molecule has 3 aromatic rings. The van der Waals surface area contributed by atoms with E-state index in [-0.39, 0.29) is 10.7 Å². The van der Waals surface area contributed by atoms with Crippen LogP contribution in [-0.2, 0) is 17.1 Å². The number of aryl methyl sites for hydroxylation is 1. The average molecular weight is 374 g/mol. The lowest BCUT2D eigenvalue weighted by molar-refractivity contribution is 0.198. The molecule has 2 N–H and O–H groups in total. The Morgan fingerprint density at radius 1 is 1.23 bits per heavy atom. The van der Waals surface area contributed by atoms with Gasteiger partial charge in [0.1, 0.15) is 4.90 Å². The lowest BCUT2D eigenvalue weighted by Crippen LogP contribution is -2.25. The number of nitrogens with one attached hydrogen (secondary N) is 1. The normalized spacial score (nSPS) is 17.8. The maximum atomic E-state index is 12.7. The Bertz CT molecular complexity index is 1060. The highest BCUT2D eigenvalue weighted by Crippen LogP contribution is 2.29. The van der Waals surface area contributed by atoms with Gasteiger partial charge in [0, 0.05) is 26.3 Å². The Morgan fingerprint density at radius 2 is 1.96 bits per heavy atom. The van der Waals surface area contributed by atoms with Crippen LogP contribution in [0, 0.1) is 0 Å². The summed E-state index contributed by atoms with van der Waals surface area (Å²) in [4.78, 5) is 10.9. The number of β-amino-alcohol motifs (C(OH)–C–C–N with tert-alkyl or cyclic N) is 1. The Kier molecular flexibility index (Phi) is 4.00. The largest absolute Gasteiger partial charge is 0.391 e. The van der Waals surface area contributed by atoms with Crippen molar-refractivity contribution in [1.82, 2.24) is 19.7 Å². The summed E-state index contributed by atoms with van der Waals surface area (Å²) in [5.41, 5.74) is 1.24. The van der Waals surface area contributed by atoms with E-state index in [4.69, 9.17) is 0 Å². The highest BCUT2D eigenvalue weighted by Gasteiger charge is 2.27. The van der Waals surface area contributed by atoms with E-state index < -0.39 is 16.1 Å². The van der Waals surface area contributed by atoms with E-state index in [1.165, 1.54) is 17.1 Å². The highest BCUT2D eigenvalue weighted by atomic mass is 32.2. The van der Waals surface area contributed by atoms with Crippen molar-refractivity contribution in [2.75, 3.05) is 22.7 Å². The zero-order valence-corrected chi connectivity index (χ0v) is 14.9. The first-order valence-corrected chi connectivity index (χ1v) is 9.62. The summed E-state index contributed by atoms with van der Waals surface area (Å²) in [5, 5.41) is 13.7. The van der Waals surface area contributed by atoms with Crippen molar-refractivity contribution in [2.45, 2.75) is 17.4 Å². The van der Waals surface area contributed by atoms with Crippen LogP contribution in [0.25, 0.3) is 11.0 Å². The molecule has 1 saturated heterocycles. The van der Waals surface area contributed by atoms with Crippen molar-refractivity contribution >= 4 is 32.7 Å². The van der Waals surface area contributed by atoms with Gasteiger partial charge in [0.2, 0.25) is 0 Å². The van der Waals surface area contributed by atoms with E-state index in [0.29, 0.717) is 36.4 Å². The van der Waals surface area contributed by atoms with Gasteiger partial charge in [0.25, 0.3) is 10.0 Å². The molecule has 1 aromatic carbocycles. The monoisotopic (exact) mass is 374 g/mol. The van der Waals surface area contributed by atoms with Crippen LogP contribution in [0.3, 0.4) is 0 Å². The SMILES string of the molecule is Cn1cc(S(=O)(=O)Nc2nc3ccccc3nc2N2CCC(O)C2)cn1. The van der Waals surface area contributed by atoms with E-state index >= 15 is 0 Å². The van der Waals surface area contributed by atoms with E-state index in [1.807, 2.05) is 23.1 Å².